The van der Waals surface area contributed by atoms with Crippen LogP contribution in [0.5, 0.6) is 0 Å². The van der Waals surface area contributed by atoms with Crippen LogP contribution in [0, 0.1) is 6.92 Å². The summed E-state index contributed by atoms with van der Waals surface area (Å²) in [5.41, 5.74) is 2.80. The number of nitrogens with zero attached hydrogens (tertiary/aromatic N) is 1. The first-order valence-corrected chi connectivity index (χ1v) is 6.37. The van der Waals surface area contributed by atoms with E-state index in [9.17, 15) is 9.59 Å². The van der Waals surface area contributed by atoms with Crippen LogP contribution in [0.4, 0.5) is 5.69 Å². The summed E-state index contributed by atoms with van der Waals surface area (Å²) < 4.78 is 0. The van der Waals surface area contributed by atoms with Crippen LogP contribution in [-0.2, 0) is 0 Å². The highest BCUT2D eigenvalue weighted by molar-refractivity contribution is 6.31. The van der Waals surface area contributed by atoms with Crippen LogP contribution in [0.25, 0.3) is 0 Å². The predicted octanol–water partition coefficient (Wildman–Crippen LogP) is 2.41. The zero-order chi connectivity index (χ0) is 15.4. The van der Waals surface area contributed by atoms with Crippen LogP contribution < -0.4 is 10.8 Å². The lowest BCUT2D eigenvalue weighted by molar-refractivity contribution is 0.0703. The van der Waals surface area contributed by atoms with E-state index in [4.69, 9.17) is 16.8 Å². The third kappa shape index (κ3) is 3.18. The minimum Gasteiger partial charge on any atom is -0.322 e. The SMILES string of the molecule is Cc1c(Cl)cccc1NC(=O)c1cnccc1C(=O)NO. The minimum atomic E-state index is -0.787. The number of hydrogen-bond donors (Lipinski definition) is 3. The van der Waals surface area contributed by atoms with Gasteiger partial charge in [-0.3, -0.25) is 19.8 Å². The molecule has 0 atom stereocenters. The van der Waals surface area contributed by atoms with Gasteiger partial charge in [0, 0.05) is 23.1 Å². The van der Waals surface area contributed by atoms with Gasteiger partial charge in [0.1, 0.15) is 0 Å². The van der Waals surface area contributed by atoms with Crippen molar-refractivity contribution in [2.75, 3.05) is 5.32 Å². The lowest BCUT2D eigenvalue weighted by Crippen LogP contribution is -2.24. The van der Waals surface area contributed by atoms with E-state index in [1.165, 1.54) is 23.9 Å². The number of anilines is 1. The summed E-state index contributed by atoms with van der Waals surface area (Å²) in [6.07, 6.45) is 2.60. The summed E-state index contributed by atoms with van der Waals surface area (Å²) in [5, 5.41) is 11.9. The maximum Gasteiger partial charge on any atom is 0.275 e. The first kappa shape index (κ1) is 15.0. The van der Waals surface area contributed by atoms with E-state index in [2.05, 4.69) is 10.3 Å². The highest BCUT2D eigenvalue weighted by Crippen LogP contribution is 2.23. The first-order valence-electron chi connectivity index (χ1n) is 5.99. The lowest BCUT2D eigenvalue weighted by atomic mass is 10.1. The van der Waals surface area contributed by atoms with Crippen LogP contribution in [0.1, 0.15) is 26.3 Å². The molecule has 21 heavy (non-hydrogen) atoms. The van der Waals surface area contributed by atoms with Crippen molar-refractivity contribution in [1.29, 1.82) is 0 Å². The molecule has 0 saturated carbocycles. The van der Waals surface area contributed by atoms with Crippen LogP contribution in [0.3, 0.4) is 0 Å². The number of pyridine rings is 1. The largest absolute Gasteiger partial charge is 0.322 e. The van der Waals surface area contributed by atoms with Gasteiger partial charge < -0.3 is 5.32 Å². The Morgan fingerprint density at radius 2 is 1.95 bits per heavy atom. The topological polar surface area (TPSA) is 91.3 Å². The fraction of sp³-hybridized carbons (Fsp3) is 0.0714. The summed E-state index contributed by atoms with van der Waals surface area (Å²) in [7, 11) is 0. The van der Waals surface area contributed by atoms with Crippen molar-refractivity contribution in [1.82, 2.24) is 10.5 Å². The van der Waals surface area contributed by atoms with Crippen LogP contribution in [0.15, 0.2) is 36.7 Å². The average molecular weight is 306 g/mol. The predicted molar refractivity (Wildman–Crippen MR) is 77.6 cm³/mol. The molecule has 1 aromatic heterocycles. The molecular weight excluding hydrogens is 294 g/mol. The minimum absolute atomic E-state index is 0.0182. The van der Waals surface area contributed by atoms with E-state index in [0.29, 0.717) is 16.3 Å². The number of halogens is 1. The van der Waals surface area contributed by atoms with E-state index in [0.717, 1.165) is 0 Å². The fourth-order valence-electron chi connectivity index (χ4n) is 1.77. The Hall–Kier alpha value is -2.44. The monoisotopic (exact) mass is 305 g/mol. The Kier molecular flexibility index (Phi) is 4.52. The van der Waals surface area contributed by atoms with Gasteiger partial charge in [0.2, 0.25) is 0 Å². The zero-order valence-electron chi connectivity index (χ0n) is 11.1. The summed E-state index contributed by atoms with van der Waals surface area (Å²) in [4.78, 5) is 27.6. The second-order valence-corrected chi connectivity index (χ2v) is 4.64. The van der Waals surface area contributed by atoms with Crippen molar-refractivity contribution in [3.8, 4) is 0 Å². The van der Waals surface area contributed by atoms with Crippen molar-refractivity contribution >= 4 is 29.1 Å². The fourth-order valence-corrected chi connectivity index (χ4v) is 1.94. The van der Waals surface area contributed by atoms with E-state index >= 15 is 0 Å². The van der Waals surface area contributed by atoms with Gasteiger partial charge in [0.25, 0.3) is 11.8 Å². The molecule has 0 bridgehead atoms. The van der Waals surface area contributed by atoms with Crippen molar-refractivity contribution < 1.29 is 14.8 Å². The zero-order valence-corrected chi connectivity index (χ0v) is 11.8. The normalized spacial score (nSPS) is 10.0. The number of hydrogen-bond acceptors (Lipinski definition) is 4. The van der Waals surface area contributed by atoms with Crippen molar-refractivity contribution in [2.24, 2.45) is 0 Å². The highest BCUT2D eigenvalue weighted by Gasteiger charge is 2.17. The lowest BCUT2D eigenvalue weighted by Gasteiger charge is -2.11. The molecule has 1 heterocycles. The van der Waals surface area contributed by atoms with E-state index in [1.807, 2.05) is 0 Å². The van der Waals surface area contributed by atoms with Crippen molar-refractivity contribution in [3.05, 3.63) is 58.4 Å². The molecular formula is C14H12ClN3O3. The Bertz CT molecular complexity index is 704. The molecule has 108 valence electrons. The van der Waals surface area contributed by atoms with E-state index in [1.54, 1.807) is 25.1 Å². The quantitative estimate of drug-likeness (QED) is 0.600. The second-order valence-electron chi connectivity index (χ2n) is 4.23. The molecule has 0 radical (unpaired) electrons. The third-order valence-corrected chi connectivity index (χ3v) is 3.34. The molecule has 0 unspecified atom stereocenters. The molecule has 0 fully saturated rings. The molecule has 2 aromatic rings. The molecule has 7 heteroatoms. The number of carbonyl (C=O) groups excluding carboxylic acids is 2. The van der Waals surface area contributed by atoms with Crippen molar-refractivity contribution in [3.63, 3.8) is 0 Å². The molecule has 3 N–H and O–H groups in total. The van der Waals surface area contributed by atoms with Gasteiger partial charge in [0.15, 0.2) is 0 Å². The van der Waals surface area contributed by atoms with Crippen LogP contribution in [0.2, 0.25) is 5.02 Å². The van der Waals surface area contributed by atoms with Gasteiger partial charge in [0.05, 0.1) is 11.1 Å². The first-order chi connectivity index (χ1) is 10.0. The van der Waals surface area contributed by atoms with E-state index < -0.39 is 11.8 Å². The molecule has 0 aliphatic heterocycles. The molecule has 2 amide bonds. The number of hydroxylamine groups is 1. The Morgan fingerprint density at radius 1 is 1.19 bits per heavy atom. The number of rotatable bonds is 3. The number of carbonyl (C=O) groups is 2. The van der Waals surface area contributed by atoms with Gasteiger partial charge in [-0.2, -0.15) is 0 Å². The number of amides is 2. The van der Waals surface area contributed by atoms with Gasteiger partial charge in [-0.25, -0.2) is 5.48 Å². The van der Waals surface area contributed by atoms with Crippen molar-refractivity contribution in [2.45, 2.75) is 6.92 Å². The Morgan fingerprint density at radius 3 is 2.67 bits per heavy atom. The summed E-state index contributed by atoms with van der Waals surface area (Å²) in [6, 6.07) is 6.45. The number of nitrogens with one attached hydrogen (secondary N) is 2. The smallest absolute Gasteiger partial charge is 0.275 e. The van der Waals surface area contributed by atoms with Gasteiger partial charge in [-0.15, -0.1) is 0 Å². The molecule has 0 saturated heterocycles. The third-order valence-electron chi connectivity index (χ3n) is 2.93. The van der Waals surface area contributed by atoms with Crippen LogP contribution >= 0.6 is 11.6 Å². The number of benzene rings is 1. The number of aromatic nitrogens is 1. The standard InChI is InChI=1S/C14H12ClN3O3/c1-8-11(15)3-2-4-12(8)17-13(19)10-7-16-6-5-9(10)14(20)18-21/h2-7,21H,1H3,(H,17,19)(H,18,20). The summed E-state index contributed by atoms with van der Waals surface area (Å²) >= 11 is 5.99. The molecule has 6 nitrogen and oxygen atoms in total. The van der Waals surface area contributed by atoms with Gasteiger partial charge >= 0.3 is 0 Å². The molecule has 0 aliphatic rings. The summed E-state index contributed by atoms with van der Waals surface area (Å²) in [5.74, 6) is -1.31. The highest BCUT2D eigenvalue weighted by atomic mass is 35.5. The molecule has 2 rings (SSSR count). The molecule has 0 spiro atoms. The Labute approximate surface area is 125 Å². The maximum absolute atomic E-state index is 12.3. The summed E-state index contributed by atoms with van der Waals surface area (Å²) in [6.45, 7) is 1.77. The van der Waals surface area contributed by atoms with Gasteiger partial charge in [-0.1, -0.05) is 17.7 Å². The van der Waals surface area contributed by atoms with Crippen LogP contribution in [-0.4, -0.2) is 22.0 Å². The molecule has 0 aliphatic carbocycles. The maximum atomic E-state index is 12.3. The van der Waals surface area contributed by atoms with Gasteiger partial charge in [-0.05, 0) is 30.7 Å². The molecule has 1 aromatic carbocycles. The van der Waals surface area contributed by atoms with E-state index in [-0.39, 0.29) is 11.1 Å². The Balaban J connectivity index is 2.33. The second kappa shape index (κ2) is 6.34. The average Bonchev–Trinajstić information content (AvgIpc) is 2.51.